The number of esters is 1. The van der Waals surface area contributed by atoms with Crippen LogP contribution in [0.4, 0.5) is 0 Å². The summed E-state index contributed by atoms with van der Waals surface area (Å²) in [4.78, 5) is 28.8. The molecular weight excluding hydrogens is 183 g/mol. The lowest BCUT2D eigenvalue weighted by molar-refractivity contribution is -0.140. The van der Waals surface area contributed by atoms with Crippen LogP contribution < -0.4 is 0 Å². The Kier molecular flexibility index (Phi) is 5.33. The number of rotatable bonds is 5. The lowest BCUT2D eigenvalue weighted by Crippen LogP contribution is -2.14. The molecule has 0 radical (unpaired) electrons. The van der Waals surface area contributed by atoms with Gasteiger partial charge in [-0.3, -0.25) is 0 Å². The lowest BCUT2D eigenvalue weighted by Gasteiger charge is -2.08. The topological polar surface area (TPSA) is 76.0 Å². The predicted octanol–water partition coefficient (Wildman–Crippen LogP) is 0.333. The normalized spacial score (nSPS) is 11.3. The van der Waals surface area contributed by atoms with Gasteiger partial charge < -0.3 is 4.74 Å². The van der Waals surface area contributed by atoms with Crippen molar-refractivity contribution in [2.75, 3.05) is 19.4 Å². The van der Waals surface area contributed by atoms with Gasteiger partial charge in [-0.25, -0.2) is 4.79 Å². The first-order valence-electron chi connectivity index (χ1n) is 3.65. The van der Waals surface area contributed by atoms with Crippen molar-refractivity contribution in [3.63, 3.8) is 0 Å². The molecule has 0 bridgehead atoms. The molecule has 0 unspecified atom stereocenters. The van der Waals surface area contributed by atoms with Gasteiger partial charge >= 0.3 is 13.9 Å². The summed E-state index contributed by atoms with van der Waals surface area (Å²) in [7, 11) is -3.50. The molecule has 0 aliphatic heterocycles. The van der Waals surface area contributed by atoms with Crippen LogP contribution in [0.15, 0.2) is 0 Å². The molecule has 0 heterocycles. The number of carbonyl (C=O) groups is 1. The first-order chi connectivity index (χ1) is 5.52. The van der Waals surface area contributed by atoms with E-state index in [2.05, 4.69) is 9.26 Å². The van der Waals surface area contributed by atoms with Crippen molar-refractivity contribution in [1.82, 2.24) is 0 Å². The van der Waals surface area contributed by atoms with Gasteiger partial charge in [-0.1, -0.05) is 0 Å². The Balaban J connectivity index is 3.79. The molecule has 0 aromatic rings. The first kappa shape index (κ1) is 11.8. The molecule has 0 aromatic heterocycles. The fourth-order valence-corrected chi connectivity index (χ4v) is 1.56. The molecule has 0 aromatic carbocycles. The summed E-state index contributed by atoms with van der Waals surface area (Å²) >= 11 is 0. The third-order valence-electron chi connectivity index (χ3n) is 0.976. The van der Waals surface area contributed by atoms with Crippen LogP contribution in [0.3, 0.4) is 0 Å². The summed E-state index contributed by atoms with van der Waals surface area (Å²) in [5.41, 5.74) is 0. The van der Waals surface area contributed by atoms with Crippen molar-refractivity contribution in [3.8, 4) is 0 Å². The van der Waals surface area contributed by atoms with Gasteiger partial charge in [0.1, 0.15) is 0 Å². The summed E-state index contributed by atoms with van der Waals surface area (Å²) in [6.07, 6.45) is -0.464. The van der Waals surface area contributed by atoms with Crippen molar-refractivity contribution in [3.05, 3.63) is 0 Å². The Hall–Kier alpha value is -0.220. The highest BCUT2D eigenvalue weighted by Crippen LogP contribution is 2.50. The van der Waals surface area contributed by atoms with Crippen LogP contribution in [0.5, 0.6) is 0 Å². The Morgan fingerprint density at radius 1 is 1.33 bits per heavy atom. The highest BCUT2D eigenvalue weighted by atomic mass is 31.2. The van der Waals surface area contributed by atoms with E-state index in [9.17, 15) is 4.79 Å². The largest absolute Gasteiger partial charge is 0.463 e. The molecule has 72 valence electrons. The van der Waals surface area contributed by atoms with Crippen molar-refractivity contribution >= 4 is 13.9 Å². The van der Waals surface area contributed by atoms with E-state index in [4.69, 9.17) is 9.79 Å². The second kappa shape index (κ2) is 5.43. The molecular formula is C6H14O5P+. The summed E-state index contributed by atoms with van der Waals surface area (Å²) in [5, 5.41) is 0. The molecule has 0 amide bonds. The summed E-state index contributed by atoms with van der Waals surface area (Å²) < 4.78 is 9.08. The average Bonchev–Trinajstić information content (AvgIpc) is 1.85. The van der Waals surface area contributed by atoms with Crippen molar-refractivity contribution < 1.29 is 23.8 Å². The molecule has 0 saturated heterocycles. The van der Waals surface area contributed by atoms with Crippen LogP contribution in [0.1, 0.15) is 13.8 Å². The van der Waals surface area contributed by atoms with Crippen molar-refractivity contribution in [2.24, 2.45) is 0 Å². The van der Waals surface area contributed by atoms with E-state index in [1.165, 1.54) is 0 Å². The zero-order valence-electron chi connectivity index (χ0n) is 7.19. The van der Waals surface area contributed by atoms with Crippen LogP contribution in [-0.4, -0.2) is 35.1 Å². The molecule has 12 heavy (non-hydrogen) atoms. The molecule has 0 aliphatic rings. The van der Waals surface area contributed by atoms with Gasteiger partial charge in [-0.05, 0) is 13.8 Å². The molecule has 6 heteroatoms. The molecule has 0 spiro atoms. The zero-order valence-corrected chi connectivity index (χ0v) is 8.08. The summed E-state index contributed by atoms with van der Waals surface area (Å²) in [5.74, 6) is -0.649. The van der Waals surface area contributed by atoms with Gasteiger partial charge in [0.15, 0.2) is 0 Å². The number of carbonyl (C=O) groups excluding carboxylic acids is 1. The maximum Gasteiger partial charge on any atom is 0.418 e. The standard InChI is InChI=1S/C6H14O5P/c1-3-10-6(7)5-12(8,9)11-4-2/h8-9H,3-5H2,1-2H3/q+1. The summed E-state index contributed by atoms with van der Waals surface area (Å²) in [6.45, 7) is 3.66. The van der Waals surface area contributed by atoms with Gasteiger partial charge in [-0.2, -0.15) is 14.3 Å². The van der Waals surface area contributed by atoms with E-state index in [-0.39, 0.29) is 13.2 Å². The van der Waals surface area contributed by atoms with Gasteiger partial charge in [0.25, 0.3) is 0 Å². The minimum absolute atomic E-state index is 0.167. The van der Waals surface area contributed by atoms with E-state index in [1.54, 1.807) is 13.8 Å². The molecule has 5 nitrogen and oxygen atoms in total. The molecule has 0 rings (SSSR count). The van der Waals surface area contributed by atoms with Crippen LogP contribution in [-0.2, 0) is 14.1 Å². The van der Waals surface area contributed by atoms with Crippen molar-refractivity contribution in [2.45, 2.75) is 13.8 Å². The minimum Gasteiger partial charge on any atom is -0.463 e. The highest BCUT2D eigenvalue weighted by Gasteiger charge is 2.39. The first-order valence-corrected chi connectivity index (χ1v) is 5.45. The number of hydrogen-bond acceptors (Lipinski definition) is 5. The fourth-order valence-electron chi connectivity index (χ4n) is 0.627. The second-order valence-corrected chi connectivity index (χ2v) is 3.95. The third kappa shape index (κ3) is 5.43. The Morgan fingerprint density at radius 3 is 2.33 bits per heavy atom. The lowest BCUT2D eigenvalue weighted by atomic mass is 10.8. The molecule has 0 fully saturated rings. The fraction of sp³-hybridized carbons (Fsp3) is 0.833. The molecule has 0 aliphatic carbocycles. The van der Waals surface area contributed by atoms with E-state index < -0.39 is 20.1 Å². The highest BCUT2D eigenvalue weighted by molar-refractivity contribution is 7.60. The molecule has 2 N–H and O–H groups in total. The Morgan fingerprint density at radius 2 is 1.92 bits per heavy atom. The SMILES string of the molecule is CCOC(=O)C[P+](O)(O)OCC. The maximum absolute atomic E-state index is 10.7. The smallest absolute Gasteiger partial charge is 0.418 e. The van der Waals surface area contributed by atoms with E-state index in [1.807, 2.05) is 0 Å². The van der Waals surface area contributed by atoms with E-state index >= 15 is 0 Å². The third-order valence-corrected chi connectivity index (χ3v) is 2.32. The van der Waals surface area contributed by atoms with Gasteiger partial charge in [0.05, 0.1) is 13.2 Å². The van der Waals surface area contributed by atoms with E-state index in [0.717, 1.165) is 0 Å². The Bertz CT molecular complexity index is 147. The Labute approximate surface area is 71.9 Å². The van der Waals surface area contributed by atoms with Crippen molar-refractivity contribution in [1.29, 1.82) is 0 Å². The maximum atomic E-state index is 10.7. The number of ether oxygens (including phenoxy) is 1. The van der Waals surface area contributed by atoms with E-state index in [0.29, 0.717) is 0 Å². The molecule has 0 saturated carbocycles. The average molecular weight is 197 g/mol. The van der Waals surface area contributed by atoms with Gasteiger partial charge in [0, 0.05) is 0 Å². The number of hydrogen-bond donors (Lipinski definition) is 2. The second-order valence-electron chi connectivity index (χ2n) is 2.05. The summed E-state index contributed by atoms with van der Waals surface area (Å²) in [6, 6.07) is 0. The quantitative estimate of drug-likeness (QED) is 0.490. The van der Waals surface area contributed by atoms with Gasteiger partial charge in [-0.15, -0.1) is 0 Å². The molecule has 0 atom stereocenters. The van der Waals surface area contributed by atoms with Crippen LogP contribution in [0.2, 0.25) is 0 Å². The minimum atomic E-state index is -3.50. The zero-order chi connectivity index (χ0) is 9.61. The van der Waals surface area contributed by atoms with Crippen LogP contribution >= 0.6 is 7.94 Å². The van der Waals surface area contributed by atoms with Crippen LogP contribution in [0.25, 0.3) is 0 Å². The monoisotopic (exact) mass is 197 g/mol. The van der Waals surface area contributed by atoms with Gasteiger partial charge in [0.2, 0.25) is 6.16 Å². The predicted molar refractivity (Wildman–Crippen MR) is 44.5 cm³/mol. The van der Waals surface area contributed by atoms with Crippen LogP contribution in [0, 0.1) is 0 Å².